The molecule has 1 aromatic carbocycles. The molecule has 1 saturated heterocycles. The fourth-order valence-electron chi connectivity index (χ4n) is 2.49. The number of aliphatic hydroxyl groups is 1. The van der Waals surface area contributed by atoms with Gasteiger partial charge >= 0.3 is 0 Å². The lowest BCUT2D eigenvalue weighted by Crippen LogP contribution is -2.24. The molecule has 2 atom stereocenters. The second-order valence-corrected chi connectivity index (χ2v) is 6.07. The normalized spacial score (nSPS) is 23.3. The van der Waals surface area contributed by atoms with Gasteiger partial charge in [0.25, 0.3) is 0 Å². The molecule has 1 heterocycles. The molecule has 106 valence electrons. The summed E-state index contributed by atoms with van der Waals surface area (Å²) in [6.07, 6.45) is 1.73. The molecule has 3 nitrogen and oxygen atoms in total. The number of hydrogen-bond acceptors (Lipinski definition) is 3. The molecule has 0 aromatic heterocycles. The van der Waals surface area contributed by atoms with Gasteiger partial charge in [0.1, 0.15) is 12.4 Å². The second kappa shape index (κ2) is 5.51. The topological polar surface area (TPSA) is 38.7 Å². The predicted octanol–water partition coefficient (Wildman–Crippen LogP) is 3.38. The van der Waals surface area contributed by atoms with Crippen LogP contribution in [0.15, 0.2) is 18.2 Å². The summed E-state index contributed by atoms with van der Waals surface area (Å²) in [5, 5.41) is 9.76. The molecule has 0 bridgehead atoms. The van der Waals surface area contributed by atoms with E-state index in [2.05, 4.69) is 13.8 Å². The molecule has 1 unspecified atom stereocenters. The van der Waals surface area contributed by atoms with Gasteiger partial charge in [0.2, 0.25) is 0 Å². The molecule has 0 radical (unpaired) electrons. The first-order valence-corrected chi connectivity index (χ1v) is 6.96. The third kappa shape index (κ3) is 3.71. The number of hydrogen-bond donors (Lipinski definition) is 1. The Kier molecular flexibility index (Phi) is 4.16. The third-order valence-electron chi connectivity index (χ3n) is 3.60. The van der Waals surface area contributed by atoms with Crippen LogP contribution in [0, 0.1) is 6.92 Å². The van der Waals surface area contributed by atoms with E-state index in [1.54, 1.807) is 6.92 Å². The van der Waals surface area contributed by atoms with E-state index in [-0.39, 0.29) is 11.7 Å². The van der Waals surface area contributed by atoms with Gasteiger partial charge in [-0.1, -0.05) is 12.1 Å². The van der Waals surface area contributed by atoms with Crippen molar-refractivity contribution in [1.29, 1.82) is 0 Å². The van der Waals surface area contributed by atoms with Crippen LogP contribution in [0.25, 0.3) is 0 Å². The Hall–Kier alpha value is -1.06. The van der Waals surface area contributed by atoms with Crippen molar-refractivity contribution in [2.45, 2.75) is 58.3 Å². The molecule has 1 aromatic rings. The zero-order valence-corrected chi connectivity index (χ0v) is 12.3. The van der Waals surface area contributed by atoms with Crippen molar-refractivity contribution < 1.29 is 14.6 Å². The van der Waals surface area contributed by atoms with Crippen LogP contribution in [-0.4, -0.2) is 23.4 Å². The average Bonchev–Trinajstić information content (AvgIpc) is 2.66. The highest BCUT2D eigenvalue weighted by atomic mass is 16.6. The lowest BCUT2D eigenvalue weighted by atomic mass is 10.1. The summed E-state index contributed by atoms with van der Waals surface area (Å²) in [6, 6.07) is 5.89. The predicted molar refractivity (Wildman–Crippen MR) is 75.5 cm³/mol. The molecule has 1 N–H and O–H groups in total. The summed E-state index contributed by atoms with van der Waals surface area (Å²) in [6.45, 7) is 8.55. The van der Waals surface area contributed by atoms with Gasteiger partial charge < -0.3 is 14.6 Å². The lowest BCUT2D eigenvalue weighted by Gasteiger charge is -2.20. The summed E-state index contributed by atoms with van der Waals surface area (Å²) >= 11 is 0. The van der Waals surface area contributed by atoms with Crippen LogP contribution in [0.1, 0.15) is 50.8 Å². The number of rotatable bonds is 4. The molecule has 0 aliphatic carbocycles. The minimum Gasteiger partial charge on any atom is -0.490 e. The maximum atomic E-state index is 9.76. The molecular formula is C16H24O3. The Morgan fingerprint density at radius 3 is 2.79 bits per heavy atom. The van der Waals surface area contributed by atoms with E-state index in [0.29, 0.717) is 6.61 Å². The average molecular weight is 264 g/mol. The van der Waals surface area contributed by atoms with Crippen molar-refractivity contribution in [3.63, 3.8) is 0 Å². The van der Waals surface area contributed by atoms with Gasteiger partial charge in [-0.05, 0) is 52.2 Å². The van der Waals surface area contributed by atoms with Crippen molar-refractivity contribution in [3.05, 3.63) is 29.3 Å². The van der Waals surface area contributed by atoms with Crippen molar-refractivity contribution in [2.75, 3.05) is 6.61 Å². The first kappa shape index (κ1) is 14.4. The van der Waals surface area contributed by atoms with Gasteiger partial charge in [-0.15, -0.1) is 0 Å². The highest BCUT2D eigenvalue weighted by Gasteiger charge is 2.32. The minimum atomic E-state index is -0.517. The Bertz CT molecular complexity index is 438. The van der Waals surface area contributed by atoms with Crippen LogP contribution in [0.4, 0.5) is 0 Å². The quantitative estimate of drug-likeness (QED) is 0.906. The van der Waals surface area contributed by atoms with Crippen molar-refractivity contribution in [3.8, 4) is 5.75 Å². The Labute approximate surface area is 115 Å². The summed E-state index contributed by atoms with van der Waals surface area (Å²) in [5.41, 5.74) is 1.93. The zero-order valence-electron chi connectivity index (χ0n) is 12.3. The molecule has 2 rings (SSSR count). The van der Waals surface area contributed by atoms with Crippen LogP contribution >= 0.6 is 0 Å². The Morgan fingerprint density at radius 1 is 1.47 bits per heavy atom. The van der Waals surface area contributed by atoms with E-state index < -0.39 is 6.10 Å². The van der Waals surface area contributed by atoms with E-state index in [4.69, 9.17) is 9.47 Å². The lowest BCUT2D eigenvalue weighted by molar-refractivity contribution is -0.0330. The fraction of sp³-hybridized carbons (Fsp3) is 0.625. The molecule has 0 spiro atoms. The standard InChI is InChI=1S/C16H24O3/c1-11-5-6-14(12(2)17)15(9-11)18-10-13-7-8-16(3,4)19-13/h5-6,9,12-13,17H,7-8,10H2,1-4H3/t12-,13?/m1/s1. The van der Waals surface area contributed by atoms with E-state index in [1.165, 1.54) is 0 Å². The van der Waals surface area contributed by atoms with Gasteiger partial charge in [0.15, 0.2) is 0 Å². The molecule has 0 amide bonds. The van der Waals surface area contributed by atoms with Gasteiger partial charge in [-0.2, -0.15) is 0 Å². The van der Waals surface area contributed by atoms with E-state index in [1.807, 2.05) is 25.1 Å². The van der Waals surface area contributed by atoms with Crippen LogP contribution < -0.4 is 4.74 Å². The smallest absolute Gasteiger partial charge is 0.125 e. The van der Waals surface area contributed by atoms with Gasteiger partial charge in [-0.3, -0.25) is 0 Å². The van der Waals surface area contributed by atoms with Crippen molar-refractivity contribution in [2.24, 2.45) is 0 Å². The number of aryl methyl sites for hydroxylation is 1. The first-order chi connectivity index (χ1) is 8.87. The van der Waals surface area contributed by atoms with Crippen LogP contribution in [0.5, 0.6) is 5.75 Å². The largest absolute Gasteiger partial charge is 0.490 e. The fourth-order valence-corrected chi connectivity index (χ4v) is 2.49. The van der Waals surface area contributed by atoms with Crippen molar-refractivity contribution in [1.82, 2.24) is 0 Å². The van der Waals surface area contributed by atoms with Crippen molar-refractivity contribution >= 4 is 0 Å². The first-order valence-electron chi connectivity index (χ1n) is 6.96. The van der Waals surface area contributed by atoms with Gasteiger partial charge in [0.05, 0.1) is 17.8 Å². The summed E-state index contributed by atoms with van der Waals surface area (Å²) in [5.74, 6) is 0.767. The van der Waals surface area contributed by atoms with Crippen LogP contribution in [-0.2, 0) is 4.74 Å². The zero-order chi connectivity index (χ0) is 14.0. The molecular weight excluding hydrogens is 240 g/mol. The van der Waals surface area contributed by atoms with Crippen LogP contribution in [0.3, 0.4) is 0 Å². The van der Waals surface area contributed by atoms with E-state index in [9.17, 15) is 5.11 Å². The SMILES string of the molecule is Cc1ccc([C@@H](C)O)c(OCC2CCC(C)(C)O2)c1. The summed E-state index contributed by atoms with van der Waals surface area (Å²) in [7, 11) is 0. The van der Waals surface area contributed by atoms with Crippen LogP contribution in [0.2, 0.25) is 0 Å². The second-order valence-electron chi connectivity index (χ2n) is 6.07. The van der Waals surface area contributed by atoms with Gasteiger partial charge in [0, 0.05) is 5.56 Å². The van der Waals surface area contributed by atoms with E-state index >= 15 is 0 Å². The maximum absolute atomic E-state index is 9.76. The van der Waals surface area contributed by atoms with Gasteiger partial charge in [-0.25, -0.2) is 0 Å². The molecule has 0 saturated carbocycles. The Morgan fingerprint density at radius 2 is 2.21 bits per heavy atom. The minimum absolute atomic E-state index is 0.0340. The third-order valence-corrected chi connectivity index (χ3v) is 3.60. The molecule has 1 fully saturated rings. The highest BCUT2D eigenvalue weighted by Crippen LogP contribution is 2.31. The maximum Gasteiger partial charge on any atom is 0.125 e. The highest BCUT2D eigenvalue weighted by molar-refractivity contribution is 5.38. The molecule has 1 aliphatic heterocycles. The number of aliphatic hydroxyl groups excluding tert-OH is 1. The number of benzene rings is 1. The summed E-state index contributed by atoms with van der Waals surface area (Å²) in [4.78, 5) is 0. The molecule has 1 aliphatic rings. The molecule has 19 heavy (non-hydrogen) atoms. The monoisotopic (exact) mass is 264 g/mol. The van der Waals surface area contributed by atoms with E-state index in [0.717, 1.165) is 29.7 Å². The Balaban J connectivity index is 2.01. The number of ether oxygens (including phenoxy) is 2. The molecule has 3 heteroatoms. The summed E-state index contributed by atoms with van der Waals surface area (Å²) < 4.78 is 11.8.